The van der Waals surface area contributed by atoms with E-state index < -0.39 is 0 Å². The summed E-state index contributed by atoms with van der Waals surface area (Å²) < 4.78 is 0. The number of aliphatic imine (C=N–C) groups is 1. The first-order valence-electron chi connectivity index (χ1n) is 3.52. The van der Waals surface area contributed by atoms with Gasteiger partial charge in [-0.25, -0.2) is 0 Å². The van der Waals surface area contributed by atoms with Gasteiger partial charge in [0.15, 0.2) is 0 Å². The second-order valence-corrected chi connectivity index (χ2v) is 3.53. The van der Waals surface area contributed by atoms with Gasteiger partial charge in [-0.05, 0) is 13.3 Å². The van der Waals surface area contributed by atoms with Crippen LogP contribution in [0.25, 0.3) is 0 Å². The fraction of sp³-hybridized carbons (Fsp3) is 0.857. The van der Waals surface area contributed by atoms with Crippen molar-refractivity contribution < 1.29 is 0 Å². The molecule has 0 radical (unpaired) electrons. The third-order valence-corrected chi connectivity index (χ3v) is 2.61. The molecule has 0 amide bonds. The molecule has 9 heavy (non-hydrogen) atoms. The van der Waals surface area contributed by atoms with Crippen molar-refractivity contribution in [1.29, 1.82) is 0 Å². The maximum atomic E-state index is 4.46. The van der Waals surface area contributed by atoms with Gasteiger partial charge >= 0.3 is 0 Å². The lowest BCUT2D eigenvalue weighted by atomic mass is 10.3. The summed E-state index contributed by atoms with van der Waals surface area (Å²) in [5.41, 5.74) is 0. The van der Waals surface area contributed by atoms with Crippen molar-refractivity contribution in [2.75, 3.05) is 5.75 Å². The first kappa shape index (κ1) is 7.13. The minimum atomic E-state index is 0.580. The summed E-state index contributed by atoms with van der Waals surface area (Å²) in [4.78, 5) is 4.46. The molecule has 0 saturated carbocycles. The first-order valence-corrected chi connectivity index (χ1v) is 4.51. The SMILES string of the molecule is CCCC1=NC(C)CS1. The van der Waals surface area contributed by atoms with Crippen molar-refractivity contribution >= 4 is 16.8 Å². The molecule has 1 aliphatic heterocycles. The van der Waals surface area contributed by atoms with Crippen LogP contribution in [0.15, 0.2) is 4.99 Å². The van der Waals surface area contributed by atoms with E-state index in [4.69, 9.17) is 0 Å². The molecule has 1 rings (SSSR count). The summed E-state index contributed by atoms with van der Waals surface area (Å²) in [5, 5.41) is 1.37. The summed E-state index contributed by atoms with van der Waals surface area (Å²) in [6, 6.07) is 0.580. The Balaban J connectivity index is 2.33. The van der Waals surface area contributed by atoms with Gasteiger partial charge < -0.3 is 0 Å². The van der Waals surface area contributed by atoms with E-state index in [1.165, 1.54) is 23.6 Å². The third kappa shape index (κ3) is 2.01. The maximum Gasteiger partial charge on any atom is 0.0680 e. The van der Waals surface area contributed by atoms with Crippen LogP contribution in [-0.4, -0.2) is 16.8 Å². The zero-order chi connectivity index (χ0) is 6.69. The summed E-state index contributed by atoms with van der Waals surface area (Å²) in [5.74, 6) is 1.20. The molecule has 1 nitrogen and oxygen atoms in total. The summed E-state index contributed by atoms with van der Waals surface area (Å²) in [6.45, 7) is 4.38. The average Bonchev–Trinajstić information content (AvgIpc) is 2.17. The molecule has 2 heteroatoms. The fourth-order valence-corrected chi connectivity index (χ4v) is 2.00. The van der Waals surface area contributed by atoms with Crippen LogP contribution in [0, 0.1) is 0 Å². The molecule has 1 heterocycles. The lowest BCUT2D eigenvalue weighted by Crippen LogP contribution is -1.92. The quantitative estimate of drug-likeness (QED) is 0.578. The smallest absolute Gasteiger partial charge is 0.0680 e. The predicted octanol–water partition coefficient (Wildman–Crippen LogP) is 2.32. The molecule has 0 aromatic rings. The second kappa shape index (κ2) is 3.25. The molecule has 0 aromatic carbocycles. The predicted molar refractivity (Wildman–Crippen MR) is 44.3 cm³/mol. The van der Waals surface area contributed by atoms with Gasteiger partial charge in [-0.2, -0.15) is 0 Å². The molecule has 1 atom stereocenters. The van der Waals surface area contributed by atoms with Crippen LogP contribution in [0.4, 0.5) is 0 Å². The summed E-state index contributed by atoms with van der Waals surface area (Å²) >= 11 is 1.93. The number of thioether (sulfide) groups is 1. The molecule has 1 aliphatic rings. The lowest BCUT2D eigenvalue weighted by molar-refractivity contribution is 0.857. The first-order chi connectivity index (χ1) is 4.33. The Labute approximate surface area is 60.9 Å². The van der Waals surface area contributed by atoms with E-state index in [1.54, 1.807) is 0 Å². The Morgan fingerprint density at radius 1 is 1.78 bits per heavy atom. The van der Waals surface area contributed by atoms with Gasteiger partial charge in [0.25, 0.3) is 0 Å². The molecule has 0 aromatic heterocycles. The molecule has 0 spiro atoms. The summed E-state index contributed by atoms with van der Waals surface area (Å²) in [6.07, 6.45) is 2.42. The van der Waals surface area contributed by atoms with Gasteiger partial charge in [0.05, 0.1) is 11.1 Å². The average molecular weight is 143 g/mol. The highest BCUT2D eigenvalue weighted by atomic mass is 32.2. The van der Waals surface area contributed by atoms with Crippen LogP contribution >= 0.6 is 11.8 Å². The lowest BCUT2D eigenvalue weighted by Gasteiger charge is -1.91. The molecule has 0 saturated heterocycles. The Hall–Kier alpha value is 0.0200. The van der Waals surface area contributed by atoms with E-state index in [9.17, 15) is 0 Å². The number of nitrogens with zero attached hydrogens (tertiary/aromatic N) is 1. The van der Waals surface area contributed by atoms with Crippen molar-refractivity contribution in [3.63, 3.8) is 0 Å². The van der Waals surface area contributed by atoms with E-state index in [0.717, 1.165) is 0 Å². The molecule has 0 fully saturated rings. The van der Waals surface area contributed by atoms with Gasteiger partial charge in [-0.1, -0.05) is 13.3 Å². The highest BCUT2D eigenvalue weighted by Gasteiger charge is 2.11. The van der Waals surface area contributed by atoms with Crippen LogP contribution in [0.2, 0.25) is 0 Å². The minimum absolute atomic E-state index is 0.580. The Kier molecular flexibility index (Phi) is 2.58. The van der Waals surface area contributed by atoms with Crippen LogP contribution in [0.5, 0.6) is 0 Å². The molecule has 0 N–H and O–H groups in total. The van der Waals surface area contributed by atoms with Gasteiger partial charge in [0.2, 0.25) is 0 Å². The monoisotopic (exact) mass is 143 g/mol. The maximum absolute atomic E-state index is 4.46. The Bertz CT molecular complexity index is 120. The minimum Gasteiger partial charge on any atom is -0.279 e. The molecular weight excluding hydrogens is 130 g/mol. The zero-order valence-electron chi connectivity index (χ0n) is 6.05. The zero-order valence-corrected chi connectivity index (χ0v) is 6.87. The largest absolute Gasteiger partial charge is 0.279 e. The highest BCUT2D eigenvalue weighted by Crippen LogP contribution is 2.20. The fourth-order valence-electron chi connectivity index (χ4n) is 0.888. The van der Waals surface area contributed by atoms with E-state index in [2.05, 4.69) is 18.8 Å². The van der Waals surface area contributed by atoms with Crippen molar-refractivity contribution in [2.24, 2.45) is 4.99 Å². The highest BCUT2D eigenvalue weighted by molar-refractivity contribution is 8.14. The number of hydrogen-bond donors (Lipinski definition) is 0. The van der Waals surface area contributed by atoms with E-state index >= 15 is 0 Å². The van der Waals surface area contributed by atoms with Crippen LogP contribution < -0.4 is 0 Å². The van der Waals surface area contributed by atoms with Gasteiger partial charge in [0, 0.05) is 5.75 Å². The normalized spacial score (nSPS) is 26.4. The van der Waals surface area contributed by atoms with Crippen molar-refractivity contribution in [2.45, 2.75) is 32.7 Å². The molecular formula is C7H13NS. The van der Waals surface area contributed by atoms with E-state index in [-0.39, 0.29) is 0 Å². The van der Waals surface area contributed by atoms with Crippen molar-refractivity contribution in [1.82, 2.24) is 0 Å². The molecule has 1 unspecified atom stereocenters. The van der Waals surface area contributed by atoms with Crippen LogP contribution in [0.1, 0.15) is 26.7 Å². The Morgan fingerprint density at radius 2 is 2.56 bits per heavy atom. The van der Waals surface area contributed by atoms with Gasteiger partial charge in [-0.3, -0.25) is 4.99 Å². The molecule has 52 valence electrons. The third-order valence-electron chi connectivity index (χ3n) is 1.32. The summed E-state index contributed by atoms with van der Waals surface area (Å²) in [7, 11) is 0. The number of hydrogen-bond acceptors (Lipinski definition) is 2. The van der Waals surface area contributed by atoms with Gasteiger partial charge in [-0.15, -0.1) is 11.8 Å². The van der Waals surface area contributed by atoms with E-state index in [1.807, 2.05) is 11.8 Å². The molecule has 0 aliphatic carbocycles. The van der Waals surface area contributed by atoms with Crippen LogP contribution in [-0.2, 0) is 0 Å². The van der Waals surface area contributed by atoms with E-state index in [0.29, 0.717) is 6.04 Å². The number of rotatable bonds is 2. The Morgan fingerprint density at radius 3 is 3.00 bits per heavy atom. The molecule has 0 bridgehead atoms. The topological polar surface area (TPSA) is 12.4 Å². The van der Waals surface area contributed by atoms with Crippen molar-refractivity contribution in [3.05, 3.63) is 0 Å². The van der Waals surface area contributed by atoms with Crippen LogP contribution in [0.3, 0.4) is 0 Å². The standard InChI is InChI=1S/C7H13NS/c1-3-4-7-8-6(2)5-9-7/h6H,3-5H2,1-2H3. The van der Waals surface area contributed by atoms with Crippen molar-refractivity contribution in [3.8, 4) is 0 Å². The van der Waals surface area contributed by atoms with Gasteiger partial charge in [0.1, 0.15) is 0 Å². The second-order valence-electron chi connectivity index (χ2n) is 2.43.